The molecule has 0 saturated carbocycles. The Hall–Kier alpha value is -2.02. The van der Waals surface area contributed by atoms with Crippen LogP contribution in [0.2, 0.25) is 0 Å². The summed E-state index contributed by atoms with van der Waals surface area (Å²) in [5, 5.41) is 2.95. The Kier molecular flexibility index (Phi) is 5.55. The van der Waals surface area contributed by atoms with Crippen LogP contribution in [-0.2, 0) is 16.4 Å². The van der Waals surface area contributed by atoms with Gasteiger partial charge in [0.15, 0.2) is 0 Å². The quantitative estimate of drug-likeness (QED) is 0.689. The molecule has 1 heterocycles. The largest absolute Gasteiger partial charge is 0.241 e. The van der Waals surface area contributed by atoms with Crippen LogP contribution in [-0.4, -0.2) is 19.9 Å². The minimum Gasteiger partial charge on any atom is -0.241 e. The molecule has 0 bridgehead atoms. The first-order valence-corrected chi connectivity index (χ1v) is 10.8. The van der Waals surface area contributed by atoms with Gasteiger partial charge in [0.2, 0.25) is 10.0 Å². The molecule has 2 aromatic carbocycles. The molecule has 3 aromatic rings. The minimum absolute atomic E-state index is 0.305. The molecule has 0 fully saturated rings. The maximum Gasteiger partial charge on any atom is 0.240 e. The topological polar surface area (TPSA) is 59.1 Å². The zero-order valence-corrected chi connectivity index (χ0v) is 16.7. The Morgan fingerprint density at radius 1 is 1.04 bits per heavy atom. The average molecular weight is 387 g/mol. The molecule has 0 aliphatic carbocycles. The van der Waals surface area contributed by atoms with E-state index in [2.05, 4.69) is 28.8 Å². The van der Waals surface area contributed by atoms with Crippen molar-refractivity contribution in [3.63, 3.8) is 0 Å². The van der Waals surface area contributed by atoms with E-state index in [1.165, 1.54) is 5.56 Å². The second-order valence-corrected chi connectivity index (χ2v) is 9.03. The number of nitrogens with zero attached hydrogens (tertiary/aromatic N) is 1. The van der Waals surface area contributed by atoms with E-state index < -0.39 is 10.0 Å². The molecule has 3 rings (SSSR count). The van der Waals surface area contributed by atoms with Crippen LogP contribution in [0, 0.1) is 20.8 Å². The third kappa shape index (κ3) is 4.38. The third-order valence-corrected chi connectivity index (χ3v) is 6.68. The van der Waals surface area contributed by atoms with Gasteiger partial charge in [-0.3, -0.25) is 0 Å². The van der Waals surface area contributed by atoms with Crippen LogP contribution in [0.5, 0.6) is 0 Å². The van der Waals surface area contributed by atoms with Crippen molar-refractivity contribution in [2.24, 2.45) is 0 Å². The standard InChI is InChI=1S/C20H22N2O2S2/c1-14-5-4-6-17(11-14)20-22-18(13-25-20)9-10-21-26(23,24)19-8-7-15(2)16(3)12-19/h4-8,11-13,21H,9-10H2,1-3H3. The van der Waals surface area contributed by atoms with Crippen molar-refractivity contribution in [3.05, 3.63) is 70.2 Å². The van der Waals surface area contributed by atoms with Gasteiger partial charge in [-0.15, -0.1) is 11.3 Å². The summed E-state index contributed by atoms with van der Waals surface area (Å²) in [6.45, 7) is 6.26. The summed E-state index contributed by atoms with van der Waals surface area (Å²) in [7, 11) is -3.50. The molecule has 4 nitrogen and oxygen atoms in total. The fourth-order valence-corrected chi connectivity index (χ4v) is 4.58. The van der Waals surface area contributed by atoms with Crippen molar-refractivity contribution < 1.29 is 8.42 Å². The lowest BCUT2D eigenvalue weighted by Gasteiger charge is -2.08. The number of aryl methyl sites for hydroxylation is 3. The molecule has 0 atom stereocenters. The molecule has 136 valence electrons. The van der Waals surface area contributed by atoms with Gasteiger partial charge in [-0.05, 0) is 50.1 Å². The number of benzene rings is 2. The molecular formula is C20H22N2O2S2. The molecule has 0 radical (unpaired) electrons. The number of hydrogen-bond acceptors (Lipinski definition) is 4. The van der Waals surface area contributed by atoms with E-state index in [9.17, 15) is 8.42 Å². The number of thiazole rings is 1. The Balaban J connectivity index is 1.64. The first-order chi connectivity index (χ1) is 12.3. The SMILES string of the molecule is Cc1cccc(-c2nc(CCNS(=O)(=O)c3ccc(C)c(C)c3)cs2)c1. The maximum atomic E-state index is 12.4. The van der Waals surface area contributed by atoms with Crippen molar-refractivity contribution in [2.75, 3.05) is 6.54 Å². The van der Waals surface area contributed by atoms with Gasteiger partial charge in [0.25, 0.3) is 0 Å². The highest BCUT2D eigenvalue weighted by molar-refractivity contribution is 7.89. The van der Waals surface area contributed by atoms with E-state index >= 15 is 0 Å². The molecule has 0 aliphatic rings. The molecule has 6 heteroatoms. The number of aromatic nitrogens is 1. The highest BCUT2D eigenvalue weighted by Gasteiger charge is 2.14. The van der Waals surface area contributed by atoms with Gasteiger partial charge < -0.3 is 0 Å². The fraction of sp³-hybridized carbons (Fsp3) is 0.250. The van der Waals surface area contributed by atoms with Gasteiger partial charge in [0, 0.05) is 23.9 Å². The molecule has 26 heavy (non-hydrogen) atoms. The second-order valence-electron chi connectivity index (χ2n) is 6.41. The predicted molar refractivity (Wildman–Crippen MR) is 107 cm³/mol. The molecule has 0 spiro atoms. The highest BCUT2D eigenvalue weighted by atomic mass is 32.2. The van der Waals surface area contributed by atoms with Crippen LogP contribution in [0.15, 0.2) is 52.7 Å². The van der Waals surface area contributed by atoms with E-state index in [1.807, 2.05) is 37.4 Å². The fourth-order valence-electron chi connectivity index (χ4n) is 2.61. The number of nitrogens with one attached hydrogen (secondary N) is 1. The van der Waals surface area contributed by atoms with E-state index in [4.69, 9.17) is 0 Å². The normalized spacial score (nSPS) is 11.7. The van der Waals surface area contributed by atoms with Gasteiger partial charge in [0.05, 0.1) is 10.6 Å². The summed E-state index contributed by atoms with van der Waals surface area (Å²) in [6, 6.07) is 13.4. The summed E-state index contributed by atoms with van der Waals surface area (Å²) >= 11 is 1.58. The first kappa shape index (κ1) is 18.8. The van der Waals surface area contributed by atoms with Gasteiger partial charge in [-0.25, -0.2) is 18.1 Å². The molecule has 0 unspecified atom stereocenters. The van der Waals surface area contributed by atoms with Crippen LogP contribution in [0.4, 0.5) is 0 Å². The van der Waals surface area contributed by atoms with Crippen molar-refractivity contribution in [2.45, 2.75) is 32.1 Å². The van der Waals surface area contributed by atoms with Gasteiger partial charge in [0.1, 0.15) is 5.01 Å². The Bertz CT molecular complexity index is 1020. The lowest BCUT2D eigenvalue weighted by molar-refractivity contribution is 0.581. The highest BCUT2D eigenvalue weighted by Crippen LogP contribution is 2.24. The van der Waals surface area contributed by atoms with Crippen LogP contribution < -0.4 is 4.72 Å². The average Bonchev–Trinajstić information content (AvgIpc) is 3.06. The zero-order chi connectivity index (χ0) is 18.7. The van der Waals surface area contributed by atoms with Crippen LogP contribution in [0.3, 0.4) is 0 Å². The number of rotatable bonds is 6. The third-order valence-electron chi connectivity index (χ3n) is 4.28. The Labute approximate surface area is 159 Å². The molecule has 0 aliphatic heterocycles. The summed E-state index contributed by atoms with van der Waals surface area (Å²) in [5.74, 6) is 0. The second kappa shape index (κ2) is 7.70. The van der Waals surface area contributed by atoms with E-state index in [-0.39, 0.29) is 0 Å². The number of sulfonamides is 1. The summed E-state index contributed by atoms with van der Waals surface area (Å²) in [5.41, 5.74) is 5.23. The first-order valence-electron chi connectivity index (χ1n) is 8.43. The lowest BCUT2D eigenvalue weighted by atomic mass is 10.1. The maximum absolute atomic E-state index is 12.4. The van der Waals surface area contributed by atoms with Crippen molar-refractivity contribution >= 4 is 21.4 Å². The summed E-state index contributed by atoms with van der Waals surface area (Å²) < 4.78 is 27.5. The van der Waals surface area contributed by atoms with Crippen LogP contribution in [0.25, 0.3) is 10.6 Å². The monoisotopic (exact) mass is 386 g/mol. The van der Waals surface area contributed by atoms with Crippen LogP contribution >= 0.6 is 11.3 Å². The van der Waals surface area contributed by atoms with Crippen molar-refractivity contribution in [1.29, 1.82) is 0 Å². The van der Waals surface area contributed by atoms with Gasteiger partial charge >= 0.3 is 0 Å². The van der Waals surface area contributed by atoms with Gasteiger partial charge in [-0.1, -0.05) is 29.8 Å². The molecule has 0 amide bonds. The molecular weight excluding hydrogens is 364 g/mol. The summed E-state index contributed by atoms with van der Waals surface area (Å²) in [4.78, 5) is 4.93. The number of hydrogen-bond donors (Lipinski definition) is 1. The summed E-state index contributed by atoms with van der Waals surface area (Å²) in [6.07, 6.45) is 0.562. The lowest BCUT2D eigenvalue weighted by Crippen LogP contribution is -2.26. The van der Waals surface area contributed by atoms with E-state index in [1.54, 1.807) is 23.5 Å². The smallest absolute Gasteiger partial charge is 0.240 e. The molecule has 0 saturated heterocycles. The van der Waals surface area contributed by atoms with Crippen molar-refractivity contribution in [3.8, 4) is 10.6 Å². The van der Waals surface area contributed by atoms with Gasteiger partial charge in [-0.2, -0.15) is 0 Å². The molecule has 1 aromatic heterocycles. The van der Waals surface area contributed by atoms with E-state index in [0.29, 0.717) is 17.9 Å². The van der Waals surface area contributed by atoms with Crippen molar-refractivity contribution in [1.82, 2.24) is 9.71 Å². The predicted octanol–water partition coefficient (Wildman–Crippen LogP) is 4.26. The Morgan fingerprint density at radius 3 is 2.58 bits per heavy atom. The molecule has 1 N–H and O–H groups in total. The Morgan fingerprint density at radius 2 is 1.85 bits per heavy atom. The zero-order valence-electron chi connectivity index (χ0n) is 15.1. The van der Waals surface area contributed by atoms with Crippen LogP contribution in [0.1, 0.15) is 22.4 Å². The minimum atomic E-state index is -3.50. The van der Waals surface area contributed by atoms with E-state index in [0.717, 1.165) is 27.4 Å².